The molecule has 3 aromatic rings. The van der Waals surface area contributed by atoms with Gasteiger partial charge in [-0.15, -0.1) is 0 Å². The fourth-order valence-corrected chi connectivity index (χ4v) is 4.13. The fourth-order valence-electron chi connectivity index (χ4n) is 4.13. The van der Waals surface area contributed by atoms with E-state index in [2.05, 4.69) is 25.8 Å². The molecule has 8 heteroatoms. The first-order valence-corrected chi connectivity index (χ1v) is 12.3. The van der Waals surface area contributed by atoms with Gasteiger partial charge >= 0.3 is 0 Å². The molecular formula is C28H34N6O2. The summed E-state index contributed by atoms with van der Waals surface area (Å²) >= 11 is 0. The predicted octanol–water partition coefficient (Wildman–Crippen LogP) is 4.78. The summed E-state index contributed by atoms with van der Waals surface area (Å²) in [5.41, 5.74) is 4.30. The minimum Gasteiger partial charge on any atom is -0.321 e. The molecule has 2 aromatic heterocycles. The molecule has 36 heavy (non-hydrogen) atoms. The van der Waals surface area contributed by atoms with E-state index in [0.717, 1.165) is 22.5 Å². The van der Waals surface area contributed by atoms with Crippen LogP contribution in [0.1, 0.15) is 49.8 Å². The van der Waals surface area contributed by atoms with Crippen LogP contribution in [0.15, 0.2) is 60.8 Å². The number of hydrogen-bond acceptors (Lipinski definition) is 5. The van der Waals surface area contributed by atoms with Gasteiger partial charge in [-0.1, -0.05) is 38.1 Å². The molecule has 188 valence electrons. The number of aromatic nitrogens is 3. The Kier molecular flexibility index (Phi) is 7.95. The number of carbonyl (C=O) groups excluding carboxylic acids is 2. The quantitative estimate of drug-likeness (QED) is 0.358. The summed E-state index contributed by atoms with van der Waals surface area (Å²) in [6, 6.07) is 13.5. The summed E-state index contributed by atoms with van der Waals surface area (Å²) in [6.45, 7) is 4.78. The Hall–Kier alpha value is -3.78. The highest BCUT2D eigenvalue weighted by molar-refractivity contribution is 5.99. The highest BCUT2D eigenvalue weighted by atomic mass is 16.2. The number of aromatic amines is 1. The van der Waals surface area contributed by atoms with Crippen LogP contribution in [0.25, 0.3) is 11.3 Å². The number of likely N-dealkylation sites (N-methyl/N-ethyl adjacent to an activating group) is 1. The number of hydrogen-bond donors (Lipinski definition) is 3. The van der Waals surface area contributed by atoms with Crippen molar-refractivity contribution in [3.05, 3.63) is 72.1 Å². The Balaban J connectivity index is 1.45. The minimum atomic E-state index is -0.335. The third-order valence-electron chi connectivity index (χ3n) is 6.13. The fraction of sp³-hybridized carbons (Fsp3) is 0.357. The van der Waals surface area contributed by atoms with Crippen molar-refractivity contribution in [1.82, 2.24) is 20.1 Å². The molecule has 1 saturated carbocycles. The van der Waals surface area contributed by atoms with Gasteiger partial charge in [0, 0.05) is 35.9 Å². The molecular weight excluding hydrogens is 452 g/mol. The Morgan fingerprint density at radius 1 is 1.14 bits per heavy atom. The monoisotopic (exact) mass is 486 g/mol. The molecule has 0 aliphatic heterocycles. The molecule has 0 bridgehead atoms. The lowest BCUT2D eigenvalue weighted by molar-refractivity contribution is -0.118. The number of benzene rings is 1. The van der Waals surface area contributed by atoms with Crippen molar-refractivity contribution in [2.24, 2.45) is 5.92 Å². The lowest BCUT2D eigenvalue weighted by Gasteiger charge is -2.21. The van der Waals surface area contributed by atoms with Crippen LogP contribution in [0, 0.1) is 5.92 Å². The molecule has 3 N–H and O–H groups in total. The standard InChI is InChI=1S/C28H34N6O2/c1-18(2)27(28(36)31-25-16-24(32-33-25)19-10-11-19)21-8-5-7-20(15-21)23-13-12-22(17-29-23)30-26(35)9-6-14-34(3)4/h5-9,12-13,15-19,27H,10-11,14H2,1-4H3,(H,30,35)(H2,31,32,33,36)/b9-6+. The molecule has 1 aliphatic carbocycles. The van der Waals surface area contributed by atoms with Crippen LogP contribution in [0.3, 0.4) is 0 Å². The Morgan fingerprint density at radius 3 is 2.61 bits per heavy atom. The molecule has 1 aromatic carbocycles. The first-order valence-electron chi connectivity index (χ1n) is 12.3. The van der Waals surface area contributed by atoms with Crippen molar-refractivity contribution in [2.45, 2.75) is 38.5 Å². The molecule has 1 aliphatic rings. The van der Waals surface area contributed by atoms with E-state index in [-0.39, 0.29) is 23.7 Å². The largest absolute Gasteiger partial charge is 0.321 e. The highest BCUT2D eigenvalue weighted by Crippen LogP contribution is 2.39. The number of anilines is 2. The zero-order valence-corrected chi connectivity index (χ0v) is 21.3. The zero-order valence-electron chi connectivity index (χ0n) is 21.3. The van der Waals surface area contributed by atoms with Gasteiger partial charge in [0.1, 0.15) is 0 Å². The zero-order chi connectivity index (χ0) is 25.7. The topological polar surface area (TPSA) is 103 Å². The van der Waals surface area contributed by atoms with E-state index >= 15 is 0 Å². The minimum absolute atomic E-state index is 0.0793. The van der Waals surface area contributed by atoms with Gasteiger partial charge in [-0.3, -0.25) is 19.7 Å². The average molecular weight is 487 g/mol. The second-order valence-corrected chi connectivity index (χ2v) is 9.91. The number of nitrogens with one attached hydrogen (secondary N) is 3. The van der Waals surface area contributed by atoms with Crippen LogP contribution in [0.4, 0.5) is 11.5 Å². The summed E-state index contributed by atoms with van der Waals surface area (Å²) in [6.07, 6.45) is 7.31. The van der Waals surface area contributed by atoms with Gasteiger partial charge in [-0.2, -0.15) is 5.10 Å². The van der Waals surface area contributed by atoms with E-state index in [1.54, 1.807) is 6.20 Å². The normalized spacial score (nSPS) is 14.4. The Morgan fingerprint density at radius 2 is 1.94 bits per heavy atom. The van der Waals surface area contributed by atoms with Crippen molar-refractivity contribution in [3.8, 4) is 11.3 Å². The van der Waals surface area contributed by atoms with Crippen LogP contribution >= 0.6 is 0 Å². The van der Waals surface area contributed by atoms with Gasteiger partial charge in [0.25, 0.3) is 0 Å². The molecule has 2 amide bonds. The Labute approximate surface area is 212 Å². The van der Waals surface area contributed by atoms with Gasteiger partial charge in [-0.25, -0.2) is 0 Å². The SMILES string of the molecule is CC(C)C(C(=O)Nc1cc(C2CC2)[nH]n1)c1cccc(-c2ccc(NC(=O)/C=C/CN(C)C)cn2)c1. The summed E-state index contributed by atoms with van der Waals surface area (Å²) in [5.74, 6) is 0.600. The van der Waals surface area contributed by atoms with Gasteiger partial charge in [0.2, 0.25) is 11.8 Å². The van der Waals surface area contributed by atoms with Crippen molar-refractivity contribution in [3.63, 3.8) is 0 Å². The van der Waals surface area contributed by atoms with E-state index in [1.165, 1.54) is 18.9 Å². The summed E-state index contributed by atoms with van der Waals surface area (Å²) in [4.78, 5) is 31.8. The van der Waals surface area contributed by atoms with Crippen LogP contribution in [-0.4, -0.2) is 52.5 Å². The van der Waals surface area contributed by atoms with Gasteiger partial charge in [0.15, 0.2) is 5.82 Å². The van der Waals surface area contributed by atoms with E-state index < -0.39 is 0 Å². The van der Waals surface area contributed by atoms with Crippen LogP contribution < -0.4 is 10.6 Å². The summed E-state index contributed by atoms with van der Waals surface area (Å²) in [7, 11) is 3.89. The first kappa shape index (κ1) is 25.3. The van der Waals surface area contributed by atoms with Crippen LogP contribution in [0.2, 0.25) is 0 Å². The highest BCUT2D eigenvalue weighted by Gasteiger charge is 2.28. The second kappa shape index (κ2) is 11.3. The lowest BCUT2D eigenvalue weighted by Crippen LogP contribution is -2.25. The third kappa shape index (κ3) is 6.66. The van der Waals surface area contributed by atoms with Crippen LogP contribution in [-0.2, 0) is 9.59 Å². The van der Waals surface area contributed by atoms with Crippen molar-refractivity contribution in [2.75, 3.05) is 31.3 Å². The molecule has 4 rings (SSSR count). The number of H-pyrrole nitrogens is 1. The van der Waals surface area contributed by atoms with Gasteiger partial charge < -0.3 is 15.5 Å². The number of rotatable bonds is 10. The van der Waals surface area contributed by atoms with E-state index in [1.807, 2.05) is 81.4 Å². The van der Waals surface area contributed by atoms with E-state index in [9.17, 15) is 9.59 Å². The first-order chi connectivity index (χ1) is 17.3. The molecule has 1 atom stereocenters. The number of amides is 2. The molecule has 1 unspecified atom stereocenters. The average Bonchev–Trinajstić information content (AvgIpc) is 3.58. The van der Waals surface area contributed by atoms with Crippen molar-refractivity contribution in [1.29, 1.82) is 0 Å². The molecule has 0 radical (unpaired) electrons. The maximum Gasteiger partial charge on any atom is 0.248 e. The van der Waals surface area contributed by atoms with E-state index in [4.69, 9.17) is 0 Å². The molecule has 1 fully saturated rings. The Bertz CT molecular complexity index is 1220. The summed E-state index contributed by atoms with van der Waals surface area (Å²) < 4.78 is 0. The predicted molar refractivity (Wildman–Crippen MR) is 143 cm³/mol. The van der Waals surface area contributed by atoms with Gasteiger partial charge in [-0.05, 0) is 56.6 Å². The van der Waals surface area contributed by atoms with Gasteiger partial charge in [0.05, 0.1) is 23.5 Å². The number of pyridine rings is 1. The molecule has 0 spiro atoms. The number of nitrogens with zero attached hydrogens (tertiary/aromatic N) is 3. The smallest absolute Gasteiger partial charge is 0.248 e. The maximum absolute atomic E-state index is 13.2. The molecule has 0 saturated heterocycles. The van der Waals surface area contributed by atoms with Crippen LogP contribution in [0.5, 0.6) is 0 Å². The maximum atomic E-state index is 13.2. The summed E-state index contributed by atoms with van der Waals surface area (Å²) in [5, 5.41) is 13.1. The van der Waals surface area contributed by atoms with E-state index in [0.29, 0.717) is 24.0 Å². The lowest BCUT2D eigenvalue weighted by atomic mass is 9.86. The van der Waals surface area contributed by atoms with Crippen molar-refractivity contribution < 1.29 is 9.59 Å². The molecule has 2 heterocycles. The molecule has 8 nitrogen and oxygen atoms in total. The third-order valence-corrected chi connectivity index (χ3v) is 6.13. The van der Waals surface area contributed by atoms with Crippen molar-refractivity contribution >= 4 is 23.3 Å². The second-order valence-electron chi connectivity index (χ2n) is 9.91. The number of carbonyl (C=O) groups is 2.